The van der Waals surface area contributed by atoms with Gasteiger partial charge in [-0.15, -0.1) is 0 Å². The lowest BCUT2D eigenvalue weighted by atomic mass is 9.85. The molecule has 3 atom stereocenters. The average molecular weight is 409 g/mol. The van der Waals surface area contributed by atoms with Crippen LogP contribution in [0.2, 0.25) is 0 Å². The van der Waals surface area contributed by atoms with Crippen molar-refractivity contribution in [3.63, 3.8) is 0 Å². The first-order valence-electron chi connectivity index (χ1n) is 8.40. The highest BCUT2D eigenvalue weighted by Crippen LogP contribution is 2.36. The monoisotopic (exact) mass is 409 g/mol. The van der Waals surface area contributed by atoms with Crippen LogP contribution in [0.25, 0.3) is 0 Å². The van der Waals surface area contributed by atoms with E-state index in [-0.39, 0.29) is 24.6 Å². The number of carboxylic acids is 1. The molecule has 0 spiro atoms. The summed E-state index contributed by atoms with van der Waals surface area (Å²) in [5.74, 6) is -2.86. The van der Waals surface area contributed by atoms with Crippen LogP contribution >= 0.6 is 0 Å². The molecule has 10 heteroatoms. The SMILES string of the molecule is CCC(C(=O)O)C(C)c1cc(C(F)(F)F)cc(S(=O)(=O)N(C)CC2CO2)c1. The Morgan fingerprint density at radius 2 is 1.96 bits per heavy atom. The van der Waals surface area contributed by atoms with Crippen molar-refractivity contribution in [3.8, 4) is 0 Å². The van der Waals surface area contributed by atoms with Crippen molar-refractivity contribution in [2.75, 3.05) is 20.2 Å². The van der Waals surface area contributed by atoms with E-state index in [1.165, 1.54) is 14.0 Å². The van der Waals surface area contributed by atoms with Gasteiger partial charge in [0.2, 0.25) is 10.0 Å². The topological polar surface area (TPSA) is 87.2 Å². The number of aliphatic carboxylic acids is 1. The van der Waals surface area contributed by atoms with Gasteiger partial charge in [0.05, 0.1) is 29.1 Å². The van der Waals surface area contributed by atoms with Crippen LogP contribution in [0.15, 0.2) is 23.1 Å². The summed E-state index contributed by atoms with van der Waals surface area (Å²) in [6, 6.07) is 2.53. The van der Waals surface area contributed by atoms with Crippen LogP contribution in [0, 0.1) is 5.92 Å². The number of hydrogen-bond donors (Lipinski definition) is 1. The molecule has 0 aromatic heterocycles. The number of carboxylic acid groups (broad SMARTS) is 1. The maximum Gasteiger partial charge on any atom is 0.416 e. The van der Waals surface area contributed by atoms with Gasteiger partial charge in [-0.25, -0.2) is 8.42 Å². The molecule has 1 saturated heterocycles. The van der Waals surface area contributed by atoms with E-state index in [1.807, 2.05) is 0 Å². The van der Waals surface area contributed by atoms with Crippen LogP contribution in [0.3, 0.4) is 0 Å². The molecule has 1 aromatic carbocycles. The second kappa shape index (κ2) is 7.76. The van der Waals surface area contributed by atoms with Crippen LogP contribution in [0.4, 0.5) is 13.2 Å². The van der Waals surface area contributed by atoms with Crippen molar-refractivity contribution in [1.82, 2.24) is 4.31 Å². The molecule has 2 rings (SSSR count). The number of epoxide rings is 1. The van der Waals surface area contributed by atoms with Gasteiger partial charge >= 0.3 is 12.1 Å². The maximum atomic E-state index is 13.3. The molecule has 0 radical (unpaired) electrons. The first-order chi connectivity index (χ1) is 12.4. The van der Waals surface area contributed by atoms with Crippen LogP contribution in [0.5, 0.6) is 0 Å². The summed E-state index contributed by atoms with van der Waals surface area (Å²) in [4.78, 5) is 10.9. The molecule has 27 heavy (non-hydrogen) atoms. The predicted molar refractivity (Wildman–Crippen MR) is 90.8 cm³/mol. The van der Waals surface area contributed by atoms with Gasteiger partial charge in [0.15, 0.2) is 0 Å². The molecule has 152 valence electrons. The zero-order valence-electron chi connectivity index (χ0n) is 15.2. The van der Waals surface area contributed by atoms with Crippen LogP contribution in [-0.4, -0.2) is 50.1 Å². The van der Waals surface area contributed by atoms with Gasteiger partial charge in [-0.3, -0.25) is 4.79 Å². The molecule has 0 amide bonds. The summed E-state index contributed by atoms with van der Waals surface area (Å²) in [6.07, 6.45) is -4.82. The number of rotatable bonds is 8. The van der Waals surface area contributed by atoms with Crippen molar-refractivity contribution in [2.45, 2.75) is 43.4 Å². The normalized spacial score (nSPS) is 19.7. The summed E-state index contributed by atoms with van der Waals surface area (Å²) in [5.41, 5.74) is -1.10. The Labute approximate surface area is 156 Å². The Morgan fingerprint density at radius 1 is 1.37 bits per heavy atom. The van der Waals surface area contributed by atoms with Crippen molar-refractivity contribution >= 4 is 16.0 Å². The van der Waals surface area contributed by atoms with Crippen LogP contribution in [-0.2, 0) is 25.7 Å². The third kappa shape index (κ3) is 4.99. The number of ether oxygens (including phenoxy) is 1. The van der Waals surface area contributed by atoms with E-state index in [1.54, 1.807) is 6.92 Å². The second-order valence-electron chi connectivity index (χ2n) is 6.67. The van der Waals surface area contributed by atoms with Crippen LogP contribution < -0.4 is 0 Å². The lowest BCUT2D eigenvalue weighted by molar-refractivity contribution is -0.142. The Bertz CT molecular complexity index is 805. The minimum atomic E-state index is -4.76. The van der Waals surface area contributed by atoms with Gasteiger partial charge in [0.1, 0.15) is 0 Å². The molecule has 6 nitrogen and oxygen atoms in total. The quantitative estimate of drug-likeness (QED) is 0.667. The first kappa shape index (κ1) is 21.6. The number of hydrogen-bond acceptors (Lipinski definition) is 4. The number of alkyl halides is 3. The van der Waals surface area contributed by atoms with E-state index in [2.05, 4.69) is 0 Å². The van der Waals surface area contributed by atoms with E-state index in [0.717, 1.165) is 16.4 Å². The minimum absolute atomic E-state index is 0.0220. The highest BCUT2D eigenvalue weighted by atomic mass is 32.2. The van der Waals surface area contributed by atoms with Gasteiger partial charge < -0.3 is 9.84 Å². The zero-order chi connectivity index (χ0) is 20.6. The lowest BCUT2D eigenvalue weighted by Gasteiger charge is -2.23. The Hall–Kier alpha value is -1.65. The third-order valence-corrected chi connectivity index (χ3v) is 6.51. The molecule has 1 aliphatic heterocycles. The van der Waals surface area contributed by atoms with E-state index < -0.39 is 44.5 Å². The molecule has 1 aromatic rings. The number of carbonyl (C=O) groups is 1. The van der Waals surface area contributed by atoms with E-state index in [9.17, 15) is 31.5 Å². The second-order valence-corrected chi connectivity index (χ2v) is 8.72. The molecule has 1 aliphatic rings. The molecular weight excluding hydrogens is 387 g/mol. The Balaban J connectivity index is 2.52. The smallest absolute Gasteiger partial charge is 0.416 e. The fraction of sp³-hybridized carbons (Fsp3) is 0.588. The number of likely N-dealkylation sites (N-methyl/N-ethyl adjacent to an activating group) is 1. The van der Waals surface area contributed by atoms with Gasteiger partial charge in [0.25, 0.3) is 0 Å². The fourth-order valence-corrected chi connectivity index (χ4v) is 4.19. The van der Waals surface area contributed by atoms with E-state index in [0.29, 0.717) is 12.7 Å². The number of sulfonamides is 1. The highest BCUT2D eigenvalue weighted by Gasteiger charge is 2.36. The molecule has 0 saturated carbocycles. The largest absolute Gasteiger partial charge is 0.481 e. The van der Waals surface area contributed by atoms with Gasteiger partial charge in [-0.05, 0) is 36.1 Å². The zero-order valence-corrected chi connectivity index (χ0v) is 16.0. The molecule has 0 aliphatic carbocycles. The third-order valence-electron chi connectivity index (χ3n) is 4.71. The van der Waals surface area contributed by atoms with Crippen LogP contribution in [0.1, 0.15) is 37.3 Å². The lowest BCUT2D eigenvalue weighted by Crippen LogP contribution is -2.31. The van der Waals surface area contributed by atoms with Gasteiger partial charge in [-0.2, -0.15) is 17.5 Å². The number of benzene rings is 1. The molecule has 1 heterocycles. The molecule has 0 bridgehead atoms. The predicted octanol–water partition coefficient (Wildman–Crippen LogP) is 2.94. The fourth-order valence-electron chi connectivity index (χ4n) is 2.91. The van der Waals surface area contributed by atoms with E-state index in [4.69, 9.17) is 4.74 Å². The van der Waals surface area contributed by atoms with E-state index >= 15 is 0 Å². The van der Waals surface area contributed by atoms with Crippen molar-refractivity contribution in [3.05, 3.63) is 29.3 Å². The summed E-state index contributed by atoms with van der Waals surface area (Å²) in [7, 11) is -2.91. The number of halogens is 3. The minimum Gasteiger partial charge on any atom is -0.481 e. The maximum absolute atomic E-state index is 13.3. The Kier molecular flexibility index (Phi) is 6.23. The number of nitrogens with zero attached hydrogens (tertiary/aromatic N) is 1. The highest BCUT2D eigenvalue weighted by molar-refractivity contribution is 7.89. The standard InChI is InChI=1S/C17H22F3NO5S/c1-4-15(16(22)23)10(2)11-5-12(17(18,19)20)7-14(6-11)27(24,25)21(3)8-13-9-26-13/h5-7,10,13,15H,4,8-9H2,1-3H3,(H,22,23). The Morgan fingerprint density at radius 3 is 2.41 bits per heavy atom. The van der Waals surface area contributed by atoms with Crippen molar-refractivity contribution in [1.29, 1.82) is 0 Å². The average Bonchev–Trinajstić information content (AvgIpc) is 3.37. The van der Waals surface area contributed by atoms with Crippen molar-refractivity contribution < 1.29 is 36.2 Å². The molecule has 1 N–H and O–H groups in total. The molecule has 1 fully saturated rings. The molecular formula is C17H22F3NO5S. The summed E-state index contributed by atoms with van der Waals surface area (Å²) in [6.45, 7) is 3.54. The van der Waals surface area contributed by atoms with Gasteiger partial charge in [0, 0.05) is 13.6 Å². The summed E-state index contributed by atoms with van der Waals surface area (Å²) < 4.78 is 71.3. The van der Waals surface area contributed by atoms with Crippen molar-refractivity contribution in [2.24, 2.45) is 5.92 Å². The first-order valence-corrected chi connectivity index (χ1v) is 9.84. The summed E-state index contributed by atoms with van der Waals surface area (Å²) >= 11 is 0. The summed E-state index contributed by atoms with van der Waals surface area (Å²) in [5, 5.41) is 9.30. The molecule has 3 unspecified atom stereocenters. The van der Waals surface area contributed by atoms with Gasteiger partial charge in [-0.1, -0.05) is 13.8 Å².